The first-order valence-electron chi connectivity index (χ1n) is 10.3. The van der Waals surface area contributed by atoms with Crippen LogP contribution in [0.25, 0.3) is 0 Å². The lowest BCUT2D eigenvalue weighted by atomic mass is 10.1. The number of hydrogen-bond acceptors (Lipinski definition) is 5. The van der Waals surface area contributed by atoms with Gasteiger partial charge in [-0.25, -0.2) is 9.59 Å². The molecule has 26 heavy (non-hydrogen) atoms. The average Bonchev–Trinajstić information content (AvgIpc) is 2.60. The fraction of sp³-hybridized carbons (Fsp3) is 0.810. The zero-order valence-electron chi connectivity index (χ0n) is 17.0. The molecule has 0 aromatic carbocycles. The van der Waals surface area contributed by atoms with Gasteiger partial charge >= 0.3 is 11.9 Å². The number of ether oxygens (including phenoxy) is 2. The van der Waals surface area contributed by atoms with E-state index in [4.69, 9.17) is 9.47 Å². The molecule has 0 saturated carbocycles. The highest BCUT2D eigenvalue weighted by atomic mass is 16.6. The molecule has 0 aromatic heterocycles. The van der Waals surface area contributed by atoms with Crippen LogP contribution in [0.3, 0.4) is 0 Å². The van der Waals surface area contributed by atoms with Gasteiger partial charge in [-0.2, -0.15) is 0 Å². The fourth-order valence-corrected chi connectivity index (χ4v) is 2.62. The largest absolute Gasteiger partial charge is 0.511 e. The third kappa shape index (κ3) is 12.8. The van der Waals surface area contributed by atoms with Gasteiger partial charge in [0.1, 0.15) is 5.76 Å². The van der Waals surface area contributed by atoms with Crippen molar-refractivity contribution in [3.05, 3.63) is 11.3 Å². The van der Waals surface area contributed by atoms with Gasteiger partial charge in [-0.05, 0) is 19.8 Å². The molecular weight excluding hydrogens is 332 g/mol. The number of esters is 2. The van der Waals surface area contributed by atoms with Crippen LogP contribution in [0.4, 0.5) is 0 Å². The first-order valence-corrected chi connectivity index (χ1v) is 10.3. The Hall–Kier alpha value is -1.52. The number of allylic oxidation sites excluding steroid dienone is 1. The zero-order chi connectivity index (χ0) is 19.6. The lowest BCUT2D eigenvalue weighted by Gasteiger charge is -2.10. The molecule has 0 aliphatic rings. The topological polar surface area (TPSA) is 72.8 Å². The van der Waals surface area contributed by atoms with E-state index in [-0.39, 0.29) is 24.5 Å². The molecule has 0 amide bonds. The van der Waals surface area contributed by atoms with Crippen molar-refractivity contribution >= 4 is 11.9 Å². The van der Waals surface area contributed by atoms with Crippen LogP contribution >= 0.6 is 0 Å². The van der Waals surface area contributed by atoms with Crippen LogP contribution in [-0.4, -0.2) is 30.3 Å². The number of carbonyl (C=O) groups excluding carboxylic acids is 2. The molecule has 0 spiro atoms. The third-order valence-electron chi connectivity index (χ3n) is 4.23. The number of rotatable bonds is 16. The van der Waals surface area contributed by atoms with Gasteiger partial charge in [-0.3, -0.25) is 0 Å². The molecule has 0 aliphatic carbocycles. The van der Waals surface area contributed by atoms with Crippen LogP contribution in [-0.2, 0) is 19.1 Å². The molecule has 0 aromatic rings. The maximum absolute atomic E-state index is 12.0. The average molecular weight is 371 g/mol. The quantitative estimate of drug-likeness (QED) is 0.0952. The van der Waals surface area contributed by atoms with Crippen molar-refractivity contribution in [3.63, 3.8) is 0 Å². The molecule has 0 rings (SSSR count). The van der Waals surface area contributed by atoms with Gasteiger partial charge in [0.25, 0.3) is 0 Å². The molecule has 0 aliphatic heterocycles. The second kappa shape index (κ2) is 16.9. The van der Waals surface area contributed by atoms with Crippen LogP contribution in [0, 0.1) is 0 Å². The number of hydrogen-bond donors (Lipinski definition) is 1. The van der Waals surface area contributed by atoms with Crippen molar-refractivity contribution in [1.82, 2.24) is 0 Å². The number of carbonyl (C=O) groups is 2. The first kappa shape index (κ1) is 24.5. The van der Waals surface area contributed by atoms with Crippen LogP contribution in [0.2, 0.25) is 0 Å². The summed E-state index contributed by atoms with van der Waals surface area (Å²) in [7, 11) is 0. The second-order valence-electron chi connectivity index (χ2n) is 6.77. The smallest absolute Gasteiger partial charge is 0.349 e. The van der Waals surface area contributed by atoms with E-state index >= 15 is 0 Å². The summed E-state index contributed by atoms with van der Waals surface area (Å²) in [5.74, 6) is -1.95. The summed E-state index contributed by atoms with van der Waals surface area (Å²) in [4.78, 5) is 24.1. The monoisotopic (exact) mass is 370 g/mol. The van der Waals surface area contributed by atoms with Crippen molar-refractivity contribution in [2.75, 3.05) is 13.2 Å². The molecule has 0 radical (unpaired) electrons. The van der Waals surface area contributed by atoms with E-state index in [2.05, 4.69) is 13.8 Å². The van der Waals surface area contributed by atoms with Crippen LogP contribution in [0.15, 0.2) is 11.3 Å². The molecule has 0 heterocycles. The van der Waals surface area contributed by atoms with Gasteiger partial charge in [0.05, 0.1) is 13.2 Å². The van der Waals surface area contributed by atoms with Crippen LogP contribution in [0.1, 0.15) is 97.8 Å². The van der Waals surface area contributed by atoms with Gasteiger partial charge in [-0.15, -0.1) is 0 Å². The molecule has 0 saturated heterocycles. The van der Waals surface area contributed by atoms with E-state index in [1.54, 1.807) is 0 Å². The highest BCUT2D eigenvalue weighted by Gasteiger charge is 2.24. The maximum Gasteiger partial charge on any atom is 0.349 e. The predicted molar refractivity (Wildman–Crippen MR) is 104 cm³/mol. The Labute approximate surface area is 159 Å². The molecule has 0 fully saturated rings. The van der Waals surface area contributed by atoms with Gasteiger partial charge < -0.3 is 14.6 Å². The molecule has 0 atom stereocenters. The summed E-state index contributed by atoms with van der Waals surface area (Å²) in [6, 6.07) is 0. The van der Waals surface area contributed by atoms with Crippen molar-refractivity contribution in [3.8, 4) is 0 Å². The minimum absolute atomic E-state index is 0.256. The van der Waals surface area contributed by atoms with Gasteiger partial charge in [-0.1, -0.05) is 78.1 Å². The minimum atomic E-state index is -0.800. The molecule has 5 heteroatoms. The number of aliphatic hydroxyl groups excluding tert-OH is 1. The van der Waals surface area contributed by atoms with Crippen LogP contribution < -0.4 is 0 Å². The number of unbranched alkanes of at least 4 members (excludes halogenated alkanes) is 10. The Kier molecular flexibility index (Phi) is 15.9. The Morgan fingerprint density at radius 3 is 1.35 bits per heavy atom. The molecule has 0 bridgehead atoms. The predicted octanol–water partition coefficient (Wildman–Crippen LogP) is 5.63. The van der Waals surface area contributed by atoms with E-state index in [1.807, 2.05) is 0 Å². The van der Waals surface area contributed by atoms with E-state index < -0.39 is 11.9 Å². The van der Waals surface area contributed by atoms with Crippen LogP contribution in [0.5, 0.6) is 0 Å². The van der Waals surface area contributed by atoms with E-state index in [0.717, 1.165) is 38.5 Å². The summed E-state index contributed by atoms with van der Waals surface area (Å²) in [6.07, 6.45) is 13.0. The summed E-state index contributed by atoms with van der Waals surface area (Å²) in [6.45, 7) is 6.14. The van der Waals surface area contributed by atoms with Gasteiger partial charge in [0.15, 0.2) is 5.57 Å². The Bertz CT molecular complexity index is 379. The SMILES string of the molecule is CCCCCCCCOC(=O)C(C(=O)OCCCCCCCC)=C(C)O. The van der Waals surface area contributed by atoms with Gasteiger partial charge in [0, 0.05) is 0 Å². The van der Waals surface area contributed by atoms with Gasteiger partial charge in [0.2, 0.25) is 0 Å². The van der Waals surface area contributed by atoms with Crippen molar-refractivity contribution in [2.24, 2.45) is 0 Å². The highest BCUT2D eigenvalue weighted by Crippen LogP contribution is 2.11. The summed E-state index contributed by atoms with van der Waals surface area (Å²) < 4.78 is 10.2. The van der Waals surface area contributed by atoms with E-state index in [9.17, 15) is 14.7 Å². The molecule has 1 N–H and O–H groups in total. The summed E-state index contributed by atoms with van der Waals surface area (Å²) in [5, 5.41) is 9.63. The minimum Gasteiger partial charge on any atom is -0.511 e. The first-order chi connectivity index (χ1) is 12.5. The lowest BCUT2D eigenvalue weighted by Crippen LogP contribution is -2.21. The normalized spacial score (nSPS) is 10.4. The standard InChI is InChI=1S/C21H38O5/c1-4-6-8-10-12-14-16-25-20(23)19(18(3)22)21(24)26-17-15-13-11-9-7-5-2/h22H,4-17H2,1-3H3. The second-order valence-corrected chi connectivity index (χ2v) is 6.77. The third-order valence-corrected chi connectivity index (χ3v) is 4.23. The summed E-state index contributed by atoms with van der Waals surface area (Å²) in [5.41, 5.74) is -0.387. The summed E-state index contributed by atoms with van der Waals surface area (Å²) >= 11 is 0. The molecular formula is C21H38O5. The van der Waals surface area contributed by atoms with Crippen molar-refractivity contribution in [2.45, 2.75) is 97.8 Å². The fourth-order valence-electron chi connectivity index (χ4n) is 2.62. The van der Waals surface area contributed by atoms with Crippen molar-refractivity contribution in [1.29, 1.82) is 0 Å². The Morgan fingerprint density at radius 1 is 0.654 bits per heavy atom. The number of aliphatic hydroxyl groups is 1. The van der Waals surface area contributed by atoms with E-state index in [0.29, 0.717) is 0 Å². The molecule has 5 nitrogen and oxygen atoms in total. The Morgan fingerprint density at radius 2 is 1.00 bits per heavy atom. The lowest BCUT2D eigenvalue weighted by molar-refractivity contribution is -0.147. The highest BCUT2D eigenvalue weighted by molar-refractivity contribution is 6.14. The van der Waals surface area contributed by atoms with Crippen molar-refractivity contribution < 1.29 is 24.2 Å². The Balaban J connectivity index is 4.04. The maximum atomic E-state index is 12.0. The van der Waals surface area contributed by atoms with E-state index in [1.165, 1.54) is 45.4 Å². The zero-order valence-corrected chi connectivity index (χ0v) is 17.0. The molecule has 152 valence electrons. The molecule has 0 unspecified atom stereocenters.